The minimum absolute atomic E-state index is 0.113. The van der Waals surface area contributed by atoms with Crippen LogP contribution in [0.25, 0.3) is 0 Å². The molecular weight excluding hydrogens is 228 g/mol. The molecule has 1 aromatic rings. The number of ether oxygens (including phenoxy) is 1. The summed E-state index contributed by atoms with van der Waals surface area (Å²) in [7, 11) is 0. The first-order chi connectivity index (χ1) is 7.49. The molecule has 0 aliphatic rings. The Morgan fingerprint density at radius 1 is 1.31 bits per heavy atom. The van der Waals surface area contributed by atoms with Crippen LogP contribution in [0.5, 0.6) is 5.75 Å². The first-order valence-corrected chi connectivity index (χ1v) is 4.34. The van der Waals surface area contributed by atoms with E-state index in [-0.39, 0.29) is 18.6 Å². The first kappa shape index (κ1) is 12.5. The number of carbonyl (C=O) groups excluding carboxylic acids is 1. The summed E-state index contributed by atoms with van der Waals surface area (Å²) >= 11 is 0. The van der Waals surface area contributed by atoms with Gasteiger partial charge in [0, 0.05) is 5.56 Å². The van der Waals surface area contributed by atoms with Crippen LogP contribution in [-0.4, -0.2) is 19.6 Å². The minimum Gasteiger partial charge on any atom is -0.491 e. The van der Waals surface area contributed by atoms with E-state index in [1.54, 1.807) is 0 Å². The second kappa shape index (κ2) is 4.96. The third kappa shape index (κ3) is 2.95. The standard InChI is InChI=1S/C10H8F4O2/c11-3-4-16-8-2-1-7(6-15)9(5-8)10(12,13)14/h1-2,5-6H,3-4H2. The number of hydrogen-bond acceptors (Lipinski definition) is 2. The first-order valence-electron chi connectivity index (χ1n) is 4.34. The summed E-state index contributed by atoms with van der Waals surface area (Å²) in [4.78, 5) is 10.4. The van der Waals surface area contributed by atoms with Gasteiger partial charge in [0.15, 0.2) is 6.29 Å². The quantitative estimate of drug-likeness (QED) is 0.593. The molecule has 0 aliphatic heterocycles. The monoisotopic (exact) mass is 236 g/mol. The van der Waals surface area contributed by atoms with E-state index in [1.807, 2.05) is 0 Å². The number of carbonyl (C=O) groups is 1. The van der Waals surface area contributed by atoms with Crippen molar-refractivity contribution in [2.24, 2.45) is 0 Å². The van der Waals surface area contributed by atoms with E-state index >= 15 is 0 Å². The van der Waals surface area contributed by atoms with Crippen molar-refractivity contribution >= 4 is 6.29 Å². The lowest BCUT2D eigenvalue weighted by molar-refractivity contribution is -0.137. The van der Waals surface area contributed by atoms with Crippen molar-refractivity contribution in [1.29, 1.82) is 0 Å². The summed E-state index contributed by atoms with van der Waals surface area (Å²) in [6.07, 6.45) is -4.52. The zero-order valence-electron chi connectivity index (χ0n) is 8.05. The molecule has 0 atom stereocenters. The van der Waals surface area contributed by atoms with Crippen LogP contribution >= 0.6 is 0 Å². The van der Waals surface area contributed by atoms with Gasteiger partial charge in [0.1, 0.15) is 19.0 Å². The van der Waals surface area contributed by atoms with Crippen molar-refractivity contribution in [3.05, 3.63) is 29.3 Å². The highest BCUT2D eigenvalue weighted by molar-refractivity contribution is 5.78. The molecule has 1 aromatic carbocycles. The maximum atomic E-state index is 12.4. The topological polar surface area (TPSA) is 26.3 Å². The number of benzene rings is 1. The lowest BCUT2D eigenvalue weighted by Gasteiger charge is -2.11. The van der Waals surface area contributed by atoms with Gasteiger partial charge in [-0.25, -0.2) is 4.39 Å². The van der Waals surface area contributed by atoms with Crippen LogP contribution in [0.3, 0.4) is 0 Å². The number of aldehydes is 1. The number of alkyl halides is 4. The van der Waals surface area contributed by atoms with Gasteiger partial charge in [0.05, 0.1) is 5.56 Å². The second-order valence-corrected chi connectivity index (χ2v) is 2.90. The van der Waals surface area contributed by atoms with Gasteiger partial charge in [-0.2, -0.15) is 13.2 Å². The summed E-state index contributed by atoms with van der Waals surface area (Å²) in [5, 5.41) is 0. The van der Waals surface area contributed by atoms with Gasteiger partial charge in [0.2, 0.25) is 0 Å². The Morgan fingerprint density at radius 2 is 2.00 bits per heavy atom. The molecule has 6 heteroatoms. The summed E-state index contributed by atoms with van der Waals surface area (Å²) in [5.41, 5.74) is -1.56. The Kier molecular flexibility index (Phi) is 3.87. The number of rotatable bonds is 4. The predicted molar refractivity (Wildman–Crippen MR) is 48.3 cm³/mol. The van der Waals surface area contributed by atoms with E-state index in [1.165, 1.54) is 6.07 Å². The third-order valence-electron chi connectivity index (χ3n) is 1.80. The van der Waals surface area contributed by atoms with Crippen molar-refractivity contribution in [2.75, 3.05) is 13.3 Å². The molecular formula is C10H8F4O2. The van der Waals surface area contributed by atoms with Gasteiger partial charge in [-0.05, 0) is 18.2 Å². The molecule has 0 aromatic heterocycles. The van der Waals surface area contributed by atoms with Crippen LogP contribution < -0.4 is 4.74 Å². The average Bonchev–Trinajstić information content (AvgIpc) is 2.24. The Morgan fingerprint density at radius 3 is 2.50 bits per heavy atom. The van der Waals surface area contributed by atoms with Crippen molar-refractivity contribution in [3.8, 4) is 5.75 Å². The lowest BCUT2D eigenvalue weighted by Crippen LogP contribution is -2.09. The fraction of sp³-hybridized carbons (Fsp3) is 0.300. The Labute approximate surface area is 88.8 Å². The summed E-state index contributed by atoms with van der Waals surface area (Å²) in [5.74, 6) is -0.115. The molecule has 0 bridgehead atoms. The highest BCUT2D eigenvalue weighted by Gasteiger charge is 2.33. The Bertz CT molecular complexity index is 374. The highest BCUT2D eigenvalue weighted by Crippen LogP contribution is 2.33. The molecule has 0 unspecified atom stereocenters. The molecule has 0 radical (unpaired) electrons. The normalized spacial score (nSPS) is 11.2. The van der Waals surface area contributed by atoms with E-state index in [4.69, 9.17) is 4.74 Å². The molecule has 0 fully saturated rings. The summed E-state index contributed by atoms with van der Waals surface area (Å²) in [6, 6.07) is 2.86. The zero-order valence-corrected chi connectivity index (χ0v) is 8.05. The van der Waals surface area contributed by atoms with Crippen molar-refractivity contribution < 1.29 is 27.1 Å². The molecule has 0 aliphatic carbocycles. The maximum Gasteiger partial charge on any atom is 0.417 e. The Hall–Kier alpha value is -1.59. The molecule has 2 nitrogen and oxygen atoms in total. The van der Waals surface area contributed by atoms with E-state index in [0.717, 1.165) is 6.07 Å². The lowest BCUT2D eigenvalue weighted by atomic mass is 10.1. The van der Waals surface area contributed by atoms with E-state index in [0.29, 0.717) is 6.07 Å². The fourth-order valence-corrected chi connectivity index (χ4v) is 1.13. The van der Waals surface area contributed by atoms with Crippen LogP contribution in [0.4, 0.5) is 17.6 Å². The molecule has 0 heterocycles. The maximum absolute atomic E-state index is 12.4. The molecule has 0 spiro atoms. The van der Waals surface area contributed by atoms with Crippen LogP contribution in [0.2, 0.25) is 0 Å². The number of halogens is 4. The van der Waals surface area contributed by atoms with Gasteiger partial charge in [-0.15, -0.1) is 0 Å². The van der Waals surface area contributed by atoms with E-state index in [9.17, 15) is 22.4 Å². The summed E-state index contributed by atoms with van der Waals surface area (Å²) < 4.78 is 53.8. The smallest absolute Gasteiger partial charge is 0.417 e. The van der Waals surface area contributed by atoms with E-state index in [2.05, 4.69) is 0 Å². The molecule has 16 heavy (non-hydrogen) atoms. The molecule has 0 saturated carbocycles. The molecule has 0 amide bonds. The predicted octanol–water partition coefficient (Wildman–Crippen LogP) is 2.87. The Balaban J connectivity index is 3.06. The second-order valence-electron chi connectivity index (χ2n) is 2.90. The fourth-order valence-electron chi connectivity index (χ4n) is 1.13. The largest absolute Gasteiger partial charge is 0.491 e. The van der Waals surface area contributed by atoms with Crippen LogP contribution in [0, 0.1) is 0 Å². The molecule has 0 N–H and O–H groups in total. The van der Waals surface area contributed by atoms with Crippen LogP contribution in [0.15, 0.2) is 18.2 Å². The van der Waals surface area contributed by atoms with Crippen LogP contribution in [-0.2, 0) is 6.18 Å². The third-order valence-corrected chi connectivity index (χ3v) is 1.80. The van der Waals surface area contributed by atoms with Gasteiger partial charge >= 0.3 is 6.18 Å². The van der Waals surface area contributed by atoms with Crippen molar-refractivity contribution in [1.82, 2.24) is 0 Å². The van der Waals surface area contributed by atoms with Crippen molar-refractivity contribution in [2.45, 2.75) is 6.18 Å². The number of hydrogen-bond donors (Lipinski definition) is 0. The summed E-state index contributed by atoms with van der Waals surface area (Å²) in [6.45, 7) is -1.12. The molecule has 0 saturated heterocycles. The van der Waals surface area contributed by atoms with Gasteiger partial charge in [0.25, 0.3) is 0 Å². The van der Waals surface area contributed by atoms with Gasteiger partial charge < -0.3 is 4.74 Å². The minimum atomic E-state index is -4.63. The van der Waals surface area contributed by atoms with E-state index < -0.39 is 24.0 Å². The zero-order chi connectivity index (χ0) is 12.2. The SMILES string of the molecule is O=Cc1ccc(OCCF)cc1C(F)(F)F. The highest BCUT2D eigenvalue weighted by atomic mass is 19.4. The molecule has 1 rings (SSSR count). The van der Waals surface area contributed by atoms with Gasteiger partial charge in [-0.1, -0.05) is 0 Å². The average molecular weight is 236 g/mol. The molecule has 88 valence electrons. The van der Waals surface area contributed by atoms with Gasteiger partial charge in [-0.3, -0.25) is 4.79 Å². The van der Waals surface area contributed by atoms with Crippen LogP contribution in [0.1, 0.15) is 15.9 Å². The van der Waals surface area contributed by atoms with Crippen molar-refractivity contribution in [3.63, 3.8) is 0 Å².